The summed E-state index contributed by atoms with van der Waals surface area (Å²) in [7, 11) is 0. The molecule has 0 bridgehead atoms. The fourth-order valence-corrected chi connectivity index (χ4v) is 4.13. The van der Waals surface area contributed by atoms with Gasteiger partial charge in [-0.3, -0.25) is 9.59 Å². The van der Waals surface area contributed by atoms with E-state index in [1.165, 1.54) is 0 Å². The van der Waals surface area contributed by atoms with Gasteiger partial charge in [0.25, 0.3) is 0 Å². The largest absolute Gasteiger partial charge is 0.456 e. The minimum atomic E-state index is -0.0690. The first-order valence-corrected chi connectivity index (χ1v) is 10.0. The second kappa shape index (κ2) is 6.41. The number of rotatable bonds is 1. The van der Waals surface area contributed by atoms with Crippen LogP contribution in [0.4, 0.5) is 0 Å². The zero-order valence-corrected chi connectivity index (χ0v) is 16.6. The van der Waals surface area contributed by atoms with Crippen molar-refractivity contribution >= 4 is 43.9 Å². The van der Waals surface area contributed by atoms with Crippen molar-refractivity contribution in [3.05, 3.63) is 105 Å². The van der Waals surface area contributed by atoms with Crippen LogP contribution in [0.15, 0.2) is 97.3 Å². The molecule has 0 aliphatic carbocycles. The molecule has 0 spiro atoms. The second-order valence-electron chi connectivity index (χ2n) is 7.78. The zero-order valence-electron chi connectivity index (χ0n) is 16.6. The maximum absolute atomic E-state index is 13.1. The maximum Gasteiger partial charge on any atom is 0.200 e. The Bertz CT molecular complexity index is 1790. The number of hydrogen-bond acceptors (Lipinski definition) is 4. The van der Waals surface area contributed by atoms with Gasteiger partial charge in [0.2, 0.25) is 10.9 Å². The summed E-state index contributed by atoms with van der Waals surface area (Å²) in [5.74, 6) is 0. The number of benzene rings is 4. The summed E-state index contributed by atoms with van der Waals surface area (Å²) in [6, 6.07) is 23.9. The Morgan fingerprint density at radius 1 is 0.516 bits per heavy atom. The molecule has 0 radical (unpaired) electrons. The Balaban J connectivity index is 1.60. The Morgan fingerprint density at radius 3 is 1.65 bits per heavy atom. The zero-order chi connectivity index (χ0) is 21.1. The van der Waals surface area contributed by atoms with Crippen molar-refractivity contribution in [1.29, 1.82) is 0 Å². The third-order valence-corrected chi connectivity index (χ3v) is 5.73. The van der Waals surface area contributed by atoms with Gasteiger partial charge < -0.3 is 8.83 Å². The SMILES string of the molecule is Cc1ccc2oc3ccc(-c4ccc5oc6ccccc6c(=O)c5c4)cc3c(=O)c2c1. The van der Waals surface area contributed by atoms with Gasteiger partial charge >= 0.3 is 0 Å². The fraction of sp³-hybridized carbons (Fsp3) is 0.0370. The summed E-state index contributed by atoms with van der Waals surface area (Å²) in [5, 5.41) is 2.14. The molecule has 0 saturated carbocycles. The monoisotopic (exact) mass is 404 g/mol. The van der Waals surface area contributed by atoms with Gasteiger partial charge in [0.15, 0.2) is 0 Å². The molecule has 2 aromatic heterocycles. The molecule has 4 heteroatoms. The van der Waals surface area contributed by atoms with Gasteiger partial charge in [0.05, 0.1) is 21.5 Å². The summed E-state index contributed by atoms with van der Waals surface area (Å²) >= 11 is 0. The number of hydrogen-bond donors (Lipinski definition) is 0. The molecule has 0 unspecified atom stereocenters. The van der Waals surface area contributed by atoms with E-state index < -0.39 is 0 Å². The minimum absolute atomic E-state index is 0.0619. The minimum Gasteiger partial charge on any atom is -0.456 e. The van der Waals surface area contributed by atoms with Gasteiger partial charge in [0, 0.05) is 0 Å². The Kier molecular flexibility index (Phi) is 3.65. The molecule has 6 rings (SSSR count). The molecule has 0 fully saturated rings. The second-order valence-corrected chi connectivity index (χ2v) is 7.78. The van der Waals surface area contributed by atoms with Crippen LogP contribution < -0.4 is 10.9 Å². The van der Waals surface area contributed by atoms with Crippen LogP contribution in [0, 0.1) is 6.92 Å². The average molecular weight is 404 g/mol. The lowest BCUT2D eigenvalue weighted by Gasteiger charge is -2.07. The lowest BCUT2D eigenvalue weighted by molar-refractivity contribution is 0.659. The molecular formula is C27H16O4. The third kappa shape index (κ3) is 2.69. The first-order valence-electron chi connectivity index (χ1n) is 10.0. The van der Waals surface area contributed by atoms with Crippen molar-refractivity contribution in [3.63, 3.8) is 0 Å². The molecule has 31 heavy (non-hydrogen) atoms. The lowest BCUT2D eigenvalue weighted by atomic mass is 10.0. The molecule has 4 aromatic carbocycles. The number of fused-ring (bicyclic) bond motifs is 4. The van der Waals surface area contributed by atoms with Crippen LogP contribution >= 0.6 is 0 Å². The Labute approximate surface area is 176 Å². The molecule has 0 N–H and O–H groups in total. The quantitative estimate of drug-likeness (QED) is 0.307. The van der Waals surface area contributed by atoms with Crippen molar-refractivity contribution in [2.45, 2.75) is 6.92 Å². The van der Waals surface area contributed by atoms with Crippen LogP contribution in [0.3, 0.4) is 0 Å². The van der Waals surface area contributed by atoms with E-state index in [0.29, 0.717) is 43.9 Å². The molecule has 0 saturated heterocycles. The third-order valence-electron chi connectivity index (χ3n) is 5.73. The molecule has 4 nitrogen and oxygen atoms in total. The lowest BCUT2D eigenvalue weighted by Crippen LogP contribution is -2.03. The molecule has 2 heterocycles. The predicted molar refractivity (Wildman–Crippen MR) is 124 cm³/mol. The van der Waals surface area contributed by atoms with Crippen molar-refractivity contribution < 1.29 is 8.83 Å². The Hall–Kier alpha value is -4.18. The van der Waals surface area contributed by atoms with Crippen LogP contribution in [-0.2, 0) is 0 Å². The van der Waals surface area contributed by atoms with Crippen molar-refractivity contribution in [3.8, 4) is 11.1 Å². The van der Waals surface area contributed by atoms with Crippen LogP contribution in [0.2, 0.25) is 0 Å². The van der Waals surface area contributed by atoms with Crippen LogP contribution in [0.5, 0.6) is 0 Å². The summed E-state index contributed by atoms with van der Waals surface area (Å²) in [4.78, 5) is 26.1. The first-order chi connectivity index (χ1) is 15.1. The van der Waals surface area contributed by atoms with Gasteiger partial charge in [-0.25, -0.2) is 0 Å². The van der Waals surface area contributed by atoms with E-state index >= 15 is 0 Å². The highest BCUT2D eigenvalue weighted by molar-refractivity contribution is 5.95. The van der Waals surface area contributed by atoms with Gasteiger partial charge in [0.1, 0.15) is 22.3 Å². The molecule has 0 aliphatic rings. The number of aryl methyl sites for hydroxylation is 1. The van der Waals surface area contributed by atoms with E-state index in [0.717, 1.165) is 16.7 Å². The van der Waals surface area contributed by atoms with Crippen LogP contribution in [-0.4, -0.2) is 0 Å². The van der Waals surface area contributed by atoms with E-state index in [4.69, 9.17) is 8.83 Å². The predicted octanol–water partition coefficient (Wildman–Crippen LogP) is 6.18. The number of para-hydroxylation sites is 1. The molecular weight excluding hydrogens is 388 g/mol. The van der Waals surface area contributed by atoms with E-state index in [9.17, 15) is 9.59 Å². The van der Waals surface area contributed by atoms with Crippen molar-refractivity contribution in [2.75, 3.05) is 0 Å². The summed E-state index contributed by atoms with van der Waals surface area (Å²) in [6.07, 6.45) is 0. The maximum atomic E-state index is 13.1. The highest BCUT2D eigenvalue weighted by Gasteiger charge is 2.12. The van der Waals surface area contributed by atoms with E-state index in [-0.39, 0.29) is 10.9 Å². The highest BCUT2D eigenvalue weighted by Crippen LogP contribution is 2.28. The van der Waals surface area contributed by atoms with Gasteiger partial charge in [-0.2, -0.15) is 0 Å². The molecule has 0 aliphatic heterocycles. The first kappa shape index (κ1) is 17.7. The van der Waals surface area contributed by atoms with Crippen molar-refractivity contribution in [2.24, 2.45) is 0 Å². The van der Waals surface area contributed by atoms with Gasteiger partial charge in [-0.15, -0.1) is 0 Å². The fourth-order valence-electron chi connectivity index (χ4n) is 4.13. The Morgan fingerprint density at radius 2 is 1.00 bits per heavy atom. The molecule has 6 aromatic rings. The van der Waals surface area contributed by atoms with Gasteiger partial charge in [-0.05, 0) is 66.6 Å². The summed E-state index contributed by atoms with van der Waals surface area (Å²) < 4.78 is 11.8. The van der Waals surface area contributed by atoms with E-state index in [1.807, 2.05) is 61.5 Å². The molecule has 148 valence electrons. The molecule has 0 atom stereocenters. The molecule has 0 amide bonds. The van der Waals surface area contributed by atoms with Crippen LogP contribution in [0.1, 0.15) is 5.56 Å². The smallest absolute Gasteiger partial charge is 0.200 e. The summed E-state index contributed by atoms with van der Waals surface area (Å²) in [6.45, 7) is 1.95. The highest BCUT2D eigenvalue weighted by atomic mass is 16.3. The average Bonchev–Trinajstić information content (AvgIpc) is 2.80. The topological polar surface area (TPSA) is 60.4 Å². The van der Waals surface area contributed by atoms with Crippen molar-refractivity contribution in [1.82, 2.24) is 0 Å². The van der Waals surface area contributed by atoms with Crippen LogP contribution in [0.25, 0.3) is 55.0 Å². The normalized spacial score (nSPS) is 11.6. The van der Waals surface area contributed by atoms with Gasteiger partial charge in [-0.1, -0.05) is 35.9 Å². The standard InChI is InChI=1S/C27H16O4/c1-15-6-9-23-19(12-15)27(29)21-14-17(8-11-25(21)31-23)16-7-10-24-20(13-16)26(28)18-4-2-3-5-22(18)30-24/h2-14H,1H3. The summed E-state index contributed by atoms with van der Waals surface area (Å²) in [5.41, 5.74) is 4.76. The van der Waals surface area contributed by atoms with E-state index in [2.05, 4.69) is 0 Å². The van der Waals surface area contributed by atoms with E-state index in [1.54, 1.807) is 24.3 Å².